The molecule has 0 radical (unpaired) electrons. The van der Waals surface area contributed by atoms with Gasteiger partial charge in [0, 0.05) is 15.7 Å². The van der Waals surface area contributed by atoms with Gasteiger partial charge in [0.1, 0.15) is 5.69 Å². The number of halogens is 2. The molecule has 1 aromatic heterocycles. The van der Waals surface area contributed by atoms with Crippen molar-refractivity contribution < 1.29 is 9.53 Å². The van der Waals surface area contributed by atoms with Gasteiger partial charge in [-0.2, -0.15) is 5.10 Å². The molecule has 0 aliphatic heterocycles. The molecule has 4 nitrogen and oxygen atoms in total. The molecular formula is C16H12BrClN2O2. The summed E-state index contributed by atoms with van der Waals surface area (Å²) in [5.41, 5.74) is 3.35. The van der Waals surface area contributed by atoms with Gasteiger partial charge in [-0.15, -0.1) is 11.6 Å². The molecular weight excluding hydrogens is 368 g/mol. The molecule has 22 heavy (non-hydrogen) atoms. The average Bonchev–Trinajstić information content (AvgIpc) is 2.95. The Kier molecular flexibility index (Phi) is 4.45. The first-order valence-electron chi connectivity index (χ1n) is 6.60. The predicted molar refractivity (Wildman–Crippen MR) is 88.8 cm³/mol. The molecule has 1 atom stereocenters. The highest BCUT2D eigenvalue weighted by atomic mass is 79.9. The van der Waals surface area contributed by atoms with Crippen LogP contribution in [0.1, 0.15) is 22.9 Å². The van der Waals surface area contributed by atoms with Gasteiger partial charge in [0.05, 0.1) is 5.52 Å². The van der Waals surface area contributed by atoms with Crippen molar-refractivity contribution in [1.29, 1.82) is 0 Å². The number of alkyl halides is 1. The van der Waals surface area contributed by atoms with Crippen LogP contribution in [0.2, 0.25) is 0 Å². The zero-order valence-electron chi connectivity index (χ0n) is 11.4. The van der Waals surface area contributed by atoms with Gasteiger partial charge in [-0.1, -0.05) is 34.1 Å². The lowest BCUT2D eigenvalue weighted by Crippen LogP contribution is -2.06. The van der Waals surface area contributed by atoms with E-state index in [2.05, 4.69) is 26.1 Å². The fourth-order valence-corrected chi connectivity index (χ4v) is 2.97. The summed E-state index contributed by atoms with van der Waals surface area (Å²) < 4.78 is 6.20. The second kappa shape index (κ2) is 6.50. The van der Waals surface area contributed by atoms with Gasteiger partial charge >= 0.3 is 0 Å². The number of aromatic nitrogens is 2. The maximum absolute atomic E-state index is 10.9. The number of H-pyrrole nitrogens is 1. The highest BCUT2D eigenvalue weighted by Gasteiger charge is 2.21. The lowest BCUT2D eigenvalue weighted by Gasteiger charge is -2.14. The average molecular weight is 380 g/mol. The molecule has 0 aliphatic rings. The van der Waals surface area contributed by atoms with Crippen molar-refractivity contribution in [3.8, 4) is 0 Å². The number of ether oxygens (including phenoxy) is 1. The van der Waals surface area contributed by atoms with E-state index in [1.165, 1.54) is 0 Å². The molecule has 3 rings (SSSR count). The van der Waals surface area contributed by atoms with Crippen LogP contribution in [0.25, 0.3) is 10.9 Å². The number of carbonyl (C=O) groups excluding carboxylic acids is 1. The van der Waals surface area contributed by atoms with E-state index >= 15 is 0 Å². The molecule has 0 fully saturated rings. The van der Waals surface area contributed by atoms with Gasteiger partial charge in [-0.05, 0) is 35.4 Å². The number of nitrogens with one attached hydrogen (secondary N) is 1. The third kappa shape index (κ3) is 2.87. The van der Waals surface area contributed by atoms with Crippen molar-refractivity contribution in [2.24, 2.45) is 0 Å². The summed E-state index contributed by atoms with van der Waals surface area (Å²) in [4.78, 5) is 10.9. The number of fused-ring (bicyclic) bond motifs is 1. The molecule has 1 N–H and O–H groups in total. The fraction of sp³-hybridized carbons (Fsp3) is 0.125. The van der Waals surface area contributed by atoms with E-state index in [4.69, 9.17) is 16.3 Å². The Bertz CT molecular complexity index is 819. The van der Waals surface area contributed by atoms with E-state index in [0.29, 0.717) is 18.0 Å². The Hall–Kier alpha value is -1.85. The van der Waals surface area contributed by atoms with Crippen LogP contribution in [0.3, 0.4) is 0 Å². The molecule has 0 amide bonds. The van der Waals surface area contributed by atoms with Crippen LogP contribution in [0.15, 0.2) is 46.9 Å². The number of hydrogen-bond donors (Lipinski definition) is 1. The first-order chi connectivity index (χ1) is 10.7. The minimum absolute atomic E-state index is 0.413. The van der Waals surface area contributed by atoms with E-state index in [0.717, 1.165) is 26.5 Å². The van der Waals surface area contributed by atoms with E-state index in [-0.39, 0.29) is 0 Å². The summed E-state index contributed by atoms with van der Waals surface area (Å²) in [7, 11) is 0. The maximum Gasteiger partial charge on any atom is 0.294 e. The third-order valence-corrected chi connectivity index (χ3v) is 4.20. The maximum atomic E-state index is 10.9. The summed E-state index contributed by atoms with van der Waals surface area (Å²) >= 11 is 9.33. The normalized spacial score (nSPS) is 12.3. The summed E-state index contributed by atoms with van der Waals surface area (Å²) in [6.45, 7) is 0.442. The Labute approximate surface area is 140 Å². The second-order valence-corrected chi connectivity index (χ2v) is 5.97. The molecule has 0 saturated carbocycles. The Balaban J connectivity index is 2.14. The number of rotatable bonds is 5. The molecule has 0 bridgehead atoms. The van der Waals surface area contributed by atoms with E-state index < -0.39 is 6.10 Å². The van der Waals surface area contributed by atoms with Crippen molar-refractivity contribution in [3.05, 3.63) is 63.8 Å². The second-order valence-electron chi connectivity index (χ2n) is 4.79. The van der Waals surface area contributed by atoms with Crippen molar-refractivity contribution in [2.75, 3.05) is 0 Å². The molecule has 1 heterocycles. The first-order valence-corrected chi connectivity index (χ1v) is 7.93. The third-order valence-electron chi connectivity index (χ3n) is 3.40. The molecule has 6 heteroatoms. The minimum atomic E-state index is -0.575. The van der Waals surface area contributed by atoms with Crippen LogP contribution < -0.4 is 0 Å². The number of carbonyl (C=O) groups is 1. The number of nitrogens with zero attached hydrogens (tertiary/aromatic N) is 1. The van der Waals surface area contributed by atoms with Gasteiger partial charge in [-0.25, -0.2) is 0 Å². The van der Waals surface area contributed by atoms with Crippen molar-refractivity contribution >= 4 is 44.9 Å². The largest absolute Gasteiger partial charge is 0.453 e. The Morgan fingerprint density at radius 2 is 2.18 bits per heavy atom. The minimum Gasteiger partial charge on any atom is -0.453 e. The van der Waals surface area contributed by atoms with Gasteiger partial charge < -0.3 is 4.74 Å². The van der Waals surface area contributed by atoms with Crippen LogP contribution >= 0.6 is 27.5 Å². The highest BCUT2D eigenvalue weighted by molar-refractivity contribution is 9.10. The fourth-order valence-electron chi connectivity index (χ4n) is 2.39. The smallest absolute Gasteiger partial charge is 0.294 e. The van der Waals surface area contributed by atoms with Crippen molar-refractivity contribution in [1.82, 2.24) is 10.2 Å². The molecule has 3 aromatic rings. The molecule has 1 unspecified atom stereocenters. The summed E-state index contributed by atoms with van der Waals surface area (Å²) in [6, 6.07) is 13.4. The molecule has 2 aromatic carbocycles. The Morgan fingerprint density at radius 3 is 2.91 bits per heavy atom. The van der Waals surface area contributed by atoms with Gasteiger partial charge in [-0.3, -0.25) is 9.89 Å². The number of aromatic amines is 1. The standard InChI is InChI=1S/C16H12BrClN2O2/c17-12-3-1-2-11(7-12)16(22-9-21)15-13-6-10(8-18)4-5-14(13)19-20-15/h1-7,9,16H,8H2,(H,19,20). The van der Waals surface area contributed by atoms with Crippen LogP contribution in [0.5, 0.6) is 0 Å². The zero-order chi connectivity index (χ0) is 15.5. The first kappa shape index (κ1) is 15.1. The van der Waals surface area contributed by atoms with Crippen molar-refractivity contribution in [3.63, 3.8) is 0 Å². The van der Waals surface area contributed by atoms with Crippen molar-refractivity contribution in [2.45, 2.75) is 12.0 Å². The van der Waals surface area contributed by atoms with Gasteiger partial charge in [0.25, 0.3) is 6.47 Å². The SMILES string of the molecule is O=COC(c1cccc(Br)c1)c1n[nH]c2ccc(CCl)cc12. The molecule has 0 aliphatic carbocycles. The lowest BCUT2D eigenvalue weighted by molar-refractivity contribution is -0.132. The van der Waals surface area contributed by atoms with Crippen LogP contribution in [0, 0.1) is 0 Å². The van der Waals surface area contributed by atoms with E-state index in [1.807, 2.05) is 42.5 Å². The van der Waals surface area contributed by atoms with Crippen LogP contribution in [0.4, 0.5) is 0 Å². The summed E-state index contributed by atoms with van der Waals surface area (Å²) in [5, 5.41) is 8.18. The summed E-state index contributed by atoms with van der Waals surface area (Å²) in [6.07, 6.45) is -0.575. The van der Waals surface area contributed by atoms with E-state index in [1.54, 1.807) is 0 Å². The summed E-state index contributed by atoms with van der Waals surface area (Å²) in [5.74, 6) is 0.413. The monoisotopic (exact) mass is 378 g/mol. The quantitative estimate of drug-likeness (QED) is 0.530. The van der Waals surface area contributed by atoms with Crippen LogP contribution in [-0.2, 0) is 15.4 Å². The van der Waals surface area contributed by atoms with Crippen LogP contribution in [-0.4, -0.2) is 16.7 Å². The lowest BCUT2D eigenvalue weighted by atomic mass is 10.0. The number of benzene rings is 2. The van der Waals surface area contributed by atoms with Gasteiger partial charge in [0.2, 0.25) is 0 Å². The topological polar surface area (TPSA) is 55.0 Å². The predicted octanol–water partition coefficient (Wildman–Crippen LogP) is 4.33. The number of hydrogen-bond acceptors (Lipinski definition) is 3. The molecule has 112 valence electrons. The zero-order valence-corrected chi connectivity index (χ0v) is 13.8. The van der Waals surface area contributed by atoms with Gasteiger partial charge in [0.15, 0.2) is 6.10 Å². The van der Waals surface area contributed by atoms with E-state index in [9.17, 15) is 4.79 Å². The molecule has 0 spiro atoms. The Morgan fingerprint density at radius 1 is 1.32 bits per heavy atom. The molecule has 0 saturated heterocycles. The highest BCUT2D eigenvalue weighted by Crippen LogP contribution is 2.31.